The number of benzene rings is 4. The van der Waals surface area contributed by atoms with Gasteiger partial charge in [0.15, 0.2) is 0 Å². The number of allylic oxidation sites excluding steroid dienone is 1. The molecule has 4 heteroatoms. The lowest BCUT2D eigenvalue weighted by Gasteiger charge is -2.10. The van der Waals surface area contributed by atoms with Crippen molar-refractivity contribution >= 4 is 10.8 Å². The molecule has 0 saturated heterocycles. The molecule has 4 aromatic carbocycles. The predicted molar refractivity (Wildman–Crippen MR) is 120 cm³/mol. The zero-order valence-corrected chi connectivity index (χ0v) is 16.8. The van der Waals surface area contributed by atoms with Crippen LogP contribution in [-0.2, 0) is 6.42 Å². The lowest BCUT2D eigenvalue weighted by molar-refractivity contribution is -0.0498. The number of halogens is 3. The number of fused-ring (bicyclic) bond motifs is 1. The van der Waals surface area contributed by atoms with E-state index in [1.165, 1.54) is 17.7 Å². The molecule has 0 fully saturated rings. The van der Waals surface area contributed by atoms with Gasteiger partial charge in [-0.1, -0.05) is 66.7 Å². The summed E-state index contributed by atoms with van der Waals surface area (Å²) < 4.78 is 44.2. The van der Waals surface area contributed by atoms with E-state index in [2.05, 4.69) is 35.6 Å². The maximum Gasteiger partial charge on any atom is 0.387 e. The van der Waals surface area contributed by atoms with Crippen molar-refractivity contribution in [2.75, 3.05) is 0 Å². The van der Waals surface area contributed by atoms with Crippen molar-refractivity contribution in [2.24, 2.45) is 0 Å². The third kappa shape index (κ3) is 4.64. The Morgan fingerprint density at radius 3 is 2.16 bits per heavy atom. The van der Waals surface area contributed by atoms with Gasteiger partial charge in [-0.3, -0.25) is 0 Å². The summed E-state index contributed by atoms with van der Waals surface area (Å²) in [4.78, 5) is 0. The first-order chi connectivity index (χ1) is 15.0. The molecule has 156 valence electrons. The van der Waals surface area contributed by atoms with Crippen LogP contribution < -0.4 is 4.74 Å². The van der Waals surface area contributed by atoms with Crippen LogP contribution in [0, 0.1) is 5.82 Å². The third-order valence-electron chi connectivity index (χ3n) is 5.27. The minimum atomic E-state index is -2.89. The Balaban J connectivity index is 1.63. The first kappa shape index (κ1) is 20.7. The molecule has 4 aromatic rings. The van der Waals surface area contributed by atoms with E-state index in [-0.39, 0.29) is 11.6 Å². The standard InChI is InChI=1S/C27H21F3O/c1-2-3-4-18-5-7-19(8-6-18)21-11-15-25-22(17-21)12-16-24(26(25)28)20-9-13-23(14-10-20)31-27(29)30/h2,5-17,27H,1,3-4H2. The van der Waals surface area contributed by atoms with Gasteiger partial charge < -0.3 is 4.74 Å². The first-order valence-electron chi connectivity index (χ1n) is 10.0. The molecule has 0 atom stereocenters. The van der Waals surface area contributed by atoms with Crippen LogP contribution in [0.2, 0.25) is 0 Å². The van der Waals surface area contributed by atoms with Crippen molar-refractivity contribution in [3.8, 4) is 28.0 Å². The molecule has 0 aliphatic carbocycles. The van der Waals surface area contributed by atoms with Crippen molar-refractivity contribution in [2.45, 2.75) is 19.5 Å². The van der Waals surface area contributed by atoms with Crippen LogP contribution in [0.3, 0.4) is 0 Å². The Morgan fingerprint density at radius 2 is 1.48 bits per heavy atom. The summed E-state index contributed by atoms with van der Waals surface area (Å²) >= 11 is 0. The van der Waals surface area contributed by atoms with Gasteiger partial charge in [-0.25, -0.2) is 4.39 Å². The third-order valence-corrected chi connectivity index (χ3v) is 5.27. The quantitative estimate of drug-likeness (QED) is 0.276. The molecule has 0 aliphatic heterocycles. The van der Waals surface area contributed by atoms with Crippen molar-refractivity contribution in [3.63, 3.8) is 0 Å². The molecule has 0 aliphatic rings. The molecule has 0 N–H and O–H groups in total. The molecule has 0 spiro atoms. The molecular weight excluding hydrogens is 397 g/mol. The summed E-state index contributed by atoms with van der Waals surface area (Å²) in [5, 5.41) is 1.31. The molecule has 0 radical (unpaired) electrons. The summed E-state index contributed by atoms with van der Waals surface area (Å²) in [6.07, 6.45) is 3.81. The highest BCUT2D eigenvalue weighted by Crippen LogP contribution is 2.32. The summed E-state index contributed by atoms with van der Waals surface area (Å²) in [6, 6.07) is 23.6. The lowest BCUT2D eigenvalue weighted by atomic mass is 9.96. The zero-order valence-electron chi connectivity index (χ0n) is 16.8. The largest absolute Gasteiger partial charge is 0.435 e. The normalized spacial score (nSPS) is 11.1. The molecule has 31 heavy (non-hydrogen) atoms. The molecule has 1 nitrogen and oxygen atoms in total. The molecule has 0 heterocycles. The van der Waals surface area contributed by atoms with Crippen LogP contribution in [0.4, 0.5) is 13.2 Å². The fourth-order valence-electron chi connectivity index (χ4n) is 3.64. The van der Waals surface area contributed by atoms with E-state index in [1.807, 2.05) is 24.3 Å². The van der Waals surface area contributed by atoms with Crippen molar-refractivity contribution in [1.82, 2.24) is 0 Å². The van der Waals surface area contributed by atoms with Gasteiger partial charge in [-0.15, -0.1) is 6.58 Å². The van der Waals surface area contributed by atoms with Gasteiger partial charge in [-0.2, -0.15) is 8.78 Å². The van der Waals surface area contributed by atoms with E-state index in [0.717, 1.165) is 29.4 Å². The Labute approximate surface area is 179 Å². The maximum absolute atomic E-state index is 15.2. The van der Waals surface area contributed by atoms with E-state index in [9.17, 15) is 8.78 Å². The lowest BCUT2D eigenvalue weighted by Crippen LogP contribution is -2.01. The smallest absolute Gasteiger partial charge is 0.387 e. The highest BCUT2D eigenvalue weighted by molar-refractivity contribution is 5.91. The average molecular weight is 418 g/mol. The van der Waals surface area contributed by atoms with E-state index < -0.39 is 6.61 Å². The molecular formula is C27H21F3O. The Bertz CT molecular complexity index is 1200. The van der Waals surface area contributed by atoms with E-state index in [4.69, 9.17) is 0 Å². The van der Waals surface area contributed by atoms with E-state index in [0.29, 0.717) is 16.5 Å². The van der Waals surface area contributed by atoms with Crippen LogP contribution in [0.15, 0.2) is 91.5 Å². The monoisotopic (exact) mass is 418 g/mol. The number of hydrogen-bond donors (Lipinski definition) is 0. The Morgan fingerprint density at radius 1 is 0.806 bits per heavy atom. The second-order valence-electron chi connectivity index (χ2n) is 7.29. The highest BCUT2D eigenvalue weighted by atomic mass is 19.3. The molecule has 4 rings (SSSR count). The minimum Gasteiger partial charge on any atom is -0.435 e. The van der Waals surface area contributed by atoms with Crippen LogP contribution in [-0.4, -0.2) is 6.61 Å². The molecule has 0 bridgehead atoms. The number of alkyl halides is 2. The SMILES string of the molecule is C=CCCc1ccc(-c2ccc3c(F)c(-c4ccc(OC(F)F)cc4)ccc3c2)cc1. The van der Waals surface area contributed by atoms with Gasteiger partial charge in [0.2, 0.25) is 0 Å². The number of ether oxygens (including phenoxy) is 1. The average Bonchev–Trinajstić information content (AvgIpc) is 2.78. The predicted octanol–water partition coefficient (Wildman–Crippen LogP) is 8.03. The van der Waals surface area contributed by atoms with Gasteiger partial charge >= 0.3 is 6.61 Å². The minimum absolute atomic E-state index is 0.0418. The van der Waals surface area contributed by atoms with Gasteiger partial charge in [-0.05, 0) is 58.7 Å². The van der Waals surface area contributed by atoms with Gasteiger partial charge in [0, 0.05) is 10.9 Å². The summed E-state index contributed by atoms with van der Waals surface area (Å²) in [5.41, 5.74) is 4.35. The van der Waals surface area contributed by atoms with E-state index in [1.54, 1.807) is 24.3 Å². The van der Waals surface area contributed by atoms with Crippen LogP contribution in [0.1, 0.15) is 12.0 Å². The number of hydrogen-bond acceptors (Lipinski definition) is 1. The van der Waals surface area contributed by atoms with Crippen LogP contribution >= 0.6 is 0 Å². The summed E-state index contributed by atoms with van der Waals surface area (Å²) in [5.74, 6) is -0.300. The number of aryl methyl sites for hydroxylation is 1. The van der Waals surface area contributed by atoms with Crippen LogP contribution in [0.5, 0.6) is 5.75 Å². The maximum atomic E-state index is 15.2. The zero-order chi connectivity index (χ0) is 21.8. The Kier molecular flexibility index (Phi) is 6.08. The summed E-state index contributed by atoms with van der Waals surface area (Å²) in [6.45, 7) is 0.865. The van der Waals surface area contributed by atoms with Crippen molar-refractivity contribution < 1.29 is 17.9 Å². The Hall–Kier alpha value is -3.53. The van der Waals surface area contributed by atoms with Crippen molar-refractivity contribution in [1.29, 1.82) is 0 Å². The second-order valence-corrected chi connectivity index (χ2v) is 7.29. The first-order valence-corrected chi connectivity index (χ1v) is 10.0. The highest BCUT2D eigenvalue weighted by Gasteiger charge is 2.11. The van der Waals surface area contributed by atoms with Gasteiger partial charge in [0.25, 0.3) is 0 Å². The van der Waals surface area contributed by atoms with E-state index >= 15 is 4.39 Å². The fraction of sp³-hybridized carbons (Fsp3) is 0.111. The molecule has 0 unspecified atom stereocenters. The fourth-order valence-corrected chi connectivity index (χ4v) is 3.64. The second kappa shape index (κ2) is 9.09. The molecule has 0 aromatic heterocycles. The van der Waals surface area contributed by atoms with Crippen molar-refractivity contribution in [3.05, 3.63) is 103 Å². The summed E-state index contributed by atoms with van der Waals surface area (Å²) in [7, 11) is 0. The molecule has 0 amide bonds. The van der Waals surface area contributed by atoms with Crippen LogP contribution in [0.25, 0.3) is 33.0 Å². The topological polar surface area (TPSA) is 9.23 Å². The molecule has 0 saturated carbocycles. The van der Waals surface area contributed by atoms with Gasteiger partial charge in [0.1, 0.15) is 11.6 Å². The van der Waals surface area contributed by atoms with Gasteiger partial charge in [0.05, 0.1) is 0 Å². The number of rotatable bonds is 7.